The maximum atomic E-state index is 12.9. The van der Waals surface area contributed by atoms with Crippen LogP contribution in [0.5, 0.6) is 0 Å². The quantitative estimate of drug-likeness (QED) is 0.760. The lowest BCUT2D eigenvalue weighted by atomic mass is 10.2. The van der Waals surface area contributed by atoms with E-state index in [0.717, 1.165) is 5.75 Å². The third-order valence-corrected chi connectivity index (χ3v) is 3.64. The Kier molecular flexibility index (Phi) is 4.77. The Morgan fingerprint density at radius 2 is 2.18 bits per heavy atom. The van der Waals surface area contributed by atoms with Crippen LogP contribution in [0.25, 0.3) is 0 Å². The van der Waals surface area contributed by atoms with Gasteiger partial charge in [0.05, 0.1) is 12.6 Å². The third kappa shape index (κ3) is 5.68. The van der Waals surface area contributed by atoms with Crippen LogP contribution in [0.3, 0.4) is 0 Å². The molecule has 0 aromatic heterocycles. The van der Waals surface area contributed by atoms with Crippen molar-refractivity contribution in [1.29, 1.82) is 0 Å². The number of thioether (sulfide) groups is 1. The molecule has 0 aromatic carbocycles. The number of hydrogen-bond acceptors (Lipinski definition) is 3. The summed E-state index contributed by atoms with van der Waals surface area (Å²) in [5.41, 5.74) is 0. The third-order valence-electron chi connectivity index (χ3n) is 2.36. The molecule has 1 saturated heterocycles. The number of amides is 1. The molecule has 1 aliphatic heterocycles. The molecule has 1 unspecified atom stereocenters. The van der Waals surface area contributed by atoms with Crippen molar-refractivity contribution in [2.45, 2.75) is 43.9 Å². The van der Waals surface area contributed by atoms with Crippen molar-refractivity contribution in [2.24, 2.45) is 0 Å². The molecule has 1 fully saturated rings. The molecule has 0 bridgehead atoms. The zero-order chi connectivity index (χ0) is 13.1. The van der Waals surface area contributed by atoms with Crippen LogP contribution < -0.4 is 10.6 Å². The van der Waals surface area contributed by atoms with Gasteiger partial charge in [-0.3, -0.25) is 10.1 Å². The number of halogens is 2. The minimum Gasteiger partial charge on any atom is -0.354 e. The summed E-state index contributed by atoms with van der Waals surface area (Å²) < 4.78 is 25.9. The van der Waals surface area contributed by atoms with Crippen molar-refractivity contribution in [2.75, 3.05) is 18.8 Å². The maximum absolute atomic E-state index is 12.9. The maximum Gasteiger partial charge on any atom is 0.262 e. The highest BCUT2D eigenvalue weighted by Crippen LogP contribution is 2.25. The lowest BCUT2D eigenvalue weighted by Gasteiger charge is -2.18. The summed E-state index contributed by atoms with van der Waals surface area (Å²) in [6, 6.07) is -0.746. The first-order valence-corrected chi connectivity index (χ1v) is 6.71. The van der Waals surface area contributed by atoms with E-state index in [1.807, 2.05) is 0 Å². The minimum atomic E-state index is -2.75. The molecule has 0 spiro atoms. The summed E-state index contributed by atoms with van der Waals surface area (Å²) in [6.07, 6.45) is -0.398. The summed E-state index contributed by atoms with van der Waals surface area (Å²) in [5, 5.41) is 5.21. The molecular formula is C11H20F2N2OS. The van der Waals surface area contributed by atoms with Crippen LogP contribution in [0, 0.1) is 0 Å². The zero-order valence-electron chi connectivity index (χ0n) is 10.5. The molecule has 2 N–H and O–H groups in total. The molecule has 0 saturated carbocycles. The van der Waals surface area contributed by atoms with Gasteiger partial charge in [0, 0.05) is 23.5 Å². The van der Waals surface area contributed by atoms with E-state index in [1.165, 1.54) is 0 Å². The van der Waals surface area contributed by atoms with E-state index in [0.29, 0.717) is 6.54 Å². The molecular weight excluding hydrogens is 246 g/mol. The number of carbonyl (C=O) groups is 1. The van der Waals surface area contributed by atoms with Gasteiger partial charge in [-0.1, -0.05) is 20.8 Å². The Bertz CT molecular complexity index is 279. The highest BCUT2D eigenvalue weighted by Gasteiger charge is 2.42. The van der Waals surface area contributed by atoms with Gasteiger partial charge in [0.2, 0.25) is 5.91 Å². The second-order valence-electron chi connectivity index (χ2n) is 5.25. The molecule has 1 rings (SSSR count). The van der Waals surface area contributed by atoms with Gasteiger partial charge in [-0.05, 0) is 0 Å². The fraction of sp³-hybridized carbons (Fsp3) is 0.909. The molecule has 100 valence electrons. The molecule has 0 radical (unpaired) electrons. The summed E-state index contributed by atoms with van der Waals surface area (Å²) in [6.45, 7) is 6.40. The first kappa shape index (κ1) is 14.7. The Hall–Kier alpha value is -0.360. The zero-order valence-corrected chi connectivity index (χ0v) is 11.3. The average Bonchev–Trinajstić information content (AvgIpc) is 2.52. The summed E-state index contributed by atoms with van der Waals surface area (Å²) in [4.78, 5) is 11.5. The normalized spacial score (nSPS) is 23.7. The summed E-state index contributed by atoms with van der Waals surface area (Å²) in [5.74, 6) is -2.28. The Morgan fingerprint density at radius 3 is 2.65 bits per heavy atom. The number of carbonyl (C=O) groups excluding carboxylic acids is 1. The van der Waals surface area contributed by atoms with Gasteiger partial charge in [-0.15, -0.1) is 0 Å². The lowest BCUT2D eigenvalue weighted by molar-refractivity contribution is -0.123. The van der Waals surface area contributed by atoms with Crippen molar-refractivity contribution in [3.63, 3.8) is 0 Å². The molecule has 1 amide bonds. The molecule has 6 heteroatoms. The van der Waals surface area contributed by atoms with Crippen LogP contribution in [-0.2, 0) is 4.79 Å². The minimum absolute atomic E-state index is 0.156. The topological polar surface area (TPSA) is 41.1 Å². The monoisotopic (exact) mass is 266 g/mol. The van der Waals surface area contributed by atoms with Crippen LogP contribution in [0.1, 0.15) is 27.2 Å². The number of alkyl halides is 2. The Labute approximate surface area is 105 Å². The second kappa shape index (κ2) is 5.52. The molecule has 17 heavy (non-hydrogen) atoms. The van der Waals surface area contributed by atoms with Crippen molar-refractivity contribution in [1.82, 2.24) is 10.6 Å². The average molecular weight is 266 g/mol. The van der Waals surface area contributed by atoms with Gasteiger partial charge >= 0.3 is 0 Å². The van der Waals surface area contributed by atoms with Gasteiger partial charge in [0.25, 0.3) is 5.92 Å². The standard InChI is InChI=1S/C11H20F2N2OS/c1-10(2,3)17-5-4-14-9(16)8-6-11(12,13)7-15-8/h8,15H,4-7H2,1-3H3,(H,14,16). The Morgan fingerprint density at radius 1 is 1.53 bits per heavy atom. The number of nitrogens with one attached hydrogen (secondary N) is 2. The van der Waals surface area contributed by atoms with Gasteiger partial charge in [-0.25, -0.2) is 8.78 Å². The molecule has 1 aliphatic rings. The number of rotatable bonds is 4. The molecule has 1 heterocycles. The van der Waals surface area contributed by atoms with Crippen LogP contribution in [0.2, 0.25) is 0 Å². The van der Waals surface area contributed by atoms with Gasteiger partial charge in [0.15, 0.2) is 0 Å². The van der Waals surface area contributed by atoms with E-state index < -0.39 is 24.9 Å². The second-order valence-corrected chi connectivity index (χ2v) is 7.17. The van der Waals surface area contributed by atoms with E-state index >= 15 is 0 Å². The predicted molar refractivity (Wildman–Crippen MR) is 66.6 cm³/mol. The van der Waals surface area contributed by atoms with Crippen LogP contribution in [0.4, 0.5) is 8.78 Å². The van der Waals surface area contributed by atoms with E-state index in [-0.39, 0.29) is 10.7 Å². The highest BCUT2D eigenvalue weighted by molar-refractivity contribution is 8.00. The molecule has 0 aliphatic carbocycles. The van der Waals surface area contributed by atoms with Gasteiger partial charge in [0.1, 0.15) is 0 Å². The molecule has 3 nitrogen and oxygen atoms in total. The Balaban J connectivity index is 2.18. The van der Waals surface area contributed by atoms with Gasteiger partial charge < -0.3 is 5.32 Å². The first-order valence-electron chi connectivity index (χ1n) is 5.72. The van der Waals surface area contributed by atoms with E-state index in [1.54, 1.807) is 11.8 Å². The van der Waals surface area contributed by atoms with Crippen molar-refractivity contribution in [3.8, 4) is 0 Å². The van der Waals surface area contributed by atoms with Crippen LogP contribution in [-0.4, -0.2) is 41.5 Å². The fourth-order valence-corrected chi connectivity index (χ4v) is 2.37. The largest absolute Gasteiger partial charge is 0.354 e. The molecule has 0 aromatic rings. The van der Waals surface area contributed by atoms with Crippen LogP contribution in [0.15, 0.2) is 0 Å². The van der Waals surface area contributed by atoms with E-state index in [4.69, 9.17) is 0 Å². The molecule has 1 atom stereocenters. The van der Waals surface area contributed by atoms with Crippen molar-refractivity contribution >= 4 is 17.7 Å². The van der Waals surface area contributed by atoms with Crippen molar-refractivity contribution in [3.05, 3.63) is 0 Å². The summed E-state index contributed by atoms with van der Waals surface area (Å²) >= 11 is 1.73. The fourth-order valence-electron chi connectivity index (χ4n) is 1.56. The lowest BCUT2D eigenvalue weighted by Crippen LogP contribution is -2.41. The smallest absolute Gasteiger partial charge is 0.262 e. The highest BCUT2D eigenvalue weighted by atomic mass is 32.2. The number of hydrogen-bond donors (Lipinski definition) is 2. The van der Waals surface area contributed by atoms with Crippen LogP contribution >= 0.6 is 11.8 Å². The predicted octanol–water partition coefficient (Wildman–Crippen LogP) is 1.63. The van der Waals surface area contributed by atoms with Gasteiger partial charge in [-0.2, -0.15) is 11.8 Å². The van der Waals surface area contributed by atoms with E-state index in [9.17, 15) is 13.6 Å². The summed E-state index contributed by atoms with van der Waals surface area (Å²) in [7, 11) is 0. The van der Waals surface area contributed by atoms with E-state index in [2.05, 4.69) is 31.4 Å². The first-order chi connectivity index (χ1) is 7.70. The SMILES string of the molecule is CC(C)(C)SCCNC(=O)C1CC(F)(F)CN1. The van der Waals surface area contributed by atoms with Crippen molar-refractivity contribution < 1.29 is 13.6 Å².